The van der Waals surface area contributed by atoms with E-state index < -0.39 is 0 Å². The molecule has 2 aliphatic heterocycles. The van der Waals surface area contributed by atoms with E-state index >= 15 is 0 Å². The minimum Gasteiger partial charge on any atom is -0.338 e. The standard InChI is InChI=1S/C23H27N3O2.ClH/c24-13-20-15-26(16-21(20)18-5-2-1-3-6-18)23(28)19-10-8-17(9-11-19)14-25-12-4-7-22(25)27;/h1-3,5-6,8-11,20-21H,4,7,12-16,24H2;1H/t20-,21+;/m1./s1. The fourth-order valence-corrected chi connectivity index (χ4v) is 4.38. The Kier molecular flexibility index (Phi) is 6.93. The van der Waals surface area contributed by atoms with Crippen molar-refractivity contribution >= 4 is 24.2 Å². The number of benzene rings is 2. The van der Waals surface area contributed by atoms with Crippen LogP contribution in [-0.4, -0.2) is 47.8 Å². The summed E-state index contributed by atoms with van der Waals surface area (Å²) in [5.41, 5.74) is 9.01. The maximum Gasteiger partial charge on any atom is 0.253 e. The average Bonchev–Trinajstić information content (AvgIpc) is 3.35. The quantitative estimate of drug-likeness (QED) is 0.819. The van der Waals surface area contributed by atoms with E-state index in [1.54, 1.807) is 0 Å². The number of halogens is 1. The predicted molar refractivity (Wildman–Crippen MR) is 116 cm³/mol. The molecular formula is C23H28ClN3O2. The zero-order chi connectivity index (χ0) is 19.5. The highest BCUT2D eigenvalue weighted by Crippen LogP contribution is 2.32. The second-order valence-corrected chi connectivity index (χ2v) is 7.84. The second-order valence-electron chi connectivity index (χ2n) is 7.84. The predicted octanol–water partition coefficient (Wildman–Crippen LogP) is 3.05. The molecule has 2 atom stereocenters. The van der Waals surface area contributed by atoms with Crippen LogP contribution in [0, 0.1) is 5.92 Å². The Morgan fingerprint density at radius 1 is 1.03 bits per heavy atom. The van der Waals surface area contributed by atoms with Crippen molar-refractivity contribution < 1.29 is 9.59 Å². The number of nitrogens with zero attached hydrogens (tertiary/aromatic N) is 2. The molecule has 29 heavy (non-hydrogen) atoms. The number of rotatable bonds is 5. The zero-order valence-electron chi connectivity index (χ0n) is 16.5. The number of hydrogen-bond donors (Lipinski definition) is 1. The Labute approximate surface area is 178 Å². The maximum atomic E-state index is 13.0. The first-order valence-corrected chi connectivity index (χ1v) is 10.1. The first kappa shape index (κ1) is 21.3. The van der Waals surface area contributed by atoms with Gasteiger partial charge in [0.25, 0.3) is 5.91 Å². The first-order valence-electron chi connectivity index (χ1n) is 10.1. The fourth-order valence-electron chi connectivity index (χ4n) is 4.38. The van der Waals surface area contributed by atoms with Crippen LogP contribution < -0.4 is 5.73 Å². The Hall–Kier alpha value is -2.37. The molecule has 2 aromatic carbocycles. The Balaban J connectivity index is 0.00000240. The molecule has 0 aliphatic carbocycles. The monoisotopic (exact) mass is 413 g/mol. The summed E-state index contributed by atoms with van der Waals surface area (Å²) >= 11 is 0. The van der Waals surface area contributed by atoms with E-state index in [0.29, 0.717) is 38.2 Å². The number of hydrogen-bond acceptors (Lipinski definition) is 3. The summed E-state index contributed by atoms with van der Waals surface area (Å²) in [5.74, 6) is 0.847. The molecule has 0 radical (unpaired) electrons. The lowest BCUT2D eigenvalue weighted by Gasteiger charge is -2.18. The summed E-state index contributed by atoms with van der Waals surface area (Å²) in [5, 5.41) is 0. The number of carbonyl (C=O) groups is 2. The van der Waals surface area contributed by atoms with Crippen molar-refractivity contribution in [2.24, 2.45) is 11.7 Å². The molecule has 4 rings (SSSR count). The lowest BCUT2D eigenvalue weighted by Crippen LogP contribution is -2.30. The van der Waals surface area contributed by atoms with Crippen LogP contribution in [0.25, 0.3) is 0 Å². The fraction of sp³-hybridized carbons (Fsp3) is 0.391. The number of nitrogens with two attached hydrogens (primary N) is 1. The first-order chi connectivity index (χ1) is 13.7. The van der Waals surface area contributed by atoms with Gasteiger partial charge in [0.15, 0.2) is 0 Å². The molecule has 0 spiro atoms. The van der Waals surface area contributed by atoms with Crippen molar-refractivity contribution in [2.45, 2.75) is 25.3 Å². The summed E-state index contributed by atoms with van der Waals surface area (Å²) in [7, 11) is 0. The van der Waals surface area contributed by atoms with Gasteiger partial charge in [-0.1, -0.05) is 42.5 Å². The van der Waals surface area contributed by atoms with Crippen molar-refractivity contribution in [3.05, 3.63) is 71.3 Å². The third kappa shape index (κ3) is 4.62. The smallest absolute Gasteiger partial charge is 0.253 e. The van der Waals surface area contributed by atoms with Crippen LogP contribution in [0.15, 0.2) is 54.6 Å². The van der Waals surface area contributed by atoms with Crippen LogP contribution in [0.1, 0.15) is 40.2 Å². The van der Waals surface area contributed by atoms with E-state index in [0.717, 1.165) is 18.5 Å². The Morgan fingerprint density at radius 2 is 1.76 bits per heavy atom. The molecule has 0 bridgehead atoms. The van der Waals surface area contributed by atoms with E-state index in [2.05, 4.69) is 12.1 Å². The molecular weight excluding hydrogens is 386 g/mol. The van der Waals surface area contributed by atoms with Gasteiger partial charge in [0.2, 0.25) is 5.91 Å². The van der Waals surface area contributed by atoms with Crippen molar-refractivity contribution in [1.82, 2.24) is 9.80 Å². The molecule has 6 heteroatoms. The van der Waals surface area contributed by atoms with Gasteiger partial charge >= 0.3 is 0 Å². The van der Waals surface area contributed by atoms with Gasteiger partial charge < -0.3 is 15.5 Å². The summed E-state index contributed by atoms with van der Waals surface area (Å²) in [6, 6.07) is 18.0. The molecule has 2 fully saturated rings. The third-order valence-electron chi connectivity index (χ3n) is 6.00. The minimum absolute atomic E-state index is 0. The normalized spacial score (nSPS) is 21.3. The largest absolute Gasteiger partial charge is 0.338 e. The van der Waals surface area contributed by atoms with Crippen molar-refractivity contribution in [3.8, 4) is 0 Å². The van der Waals surface area contributed by atoms with Crippen LogP contribution in [0.4, 0.5) is 0 Å². The van der Waals surface area contributed by atoms with Crippen LogP contribution >= 0.6 is 12.4 Å². The van der Waals surface area contributed by atoms with Crippen LogP contribution in [0.2, 0.25) is 0 Å². The Bertz CT molecular complexity index is 841. The molecule has 2 amide bonds. The van der Waals surface area contributed by atoms with Gasteiger partial charge in [0, 0.05) is 44.1 Å². The molecule has 2 heterocycles. The molecule has 2 saturated heterocycles. The van der Waals surface area contributed by atoms with Gasteiger partial charge in [-0.15, -0.1) is 12.4 Å². The van der Waals surface area contributed by atoms with Gasteiger partial charge in [-0.2, -0.15) is 0 Å². The van der Waals surface area contributed by atoms with E-state index in [1.807, 2.05) is 52.3 Å². The molecule has 0 unspecified atom stereocenters. The molecule has 2 aliphatic rings. The van der Waals surface area contributed by atoms with Crippen molar-refractivity contribution in [2.75, 3.05) is 26.2 Å². The summed E-state index contributed by atoms with van der Waals surface area (Å²) in [6.07, 6.45) is 1.59. The van der Waals surface area contributed by atoms with Gasteiger partial charge in [-0.25, -0.2) is 0 Å². The number of carbonyl (C=O) groups excluding carboxylic acids is 2. The summed E-state index contributed by atoms with van der Waals surface area (Å²) < 4.78 is 0. The van der Waals surface area contributed by atoms with Crippen molar-refractivity contribution in [3.63, 3.8) is 0 Å². The SMILES string of the molecule is Cl.NC[C@@H]1CN(C(=O)c2ccc(CN3CCCC3=O)cc2)C[C@H]1c1ccccc1. The zero-order valence-corrected chi connectivity index (χ0v) is 17.3. The van der Waals surface area contributed by atoms with Crippen LogP contribution in [0.5, 0.6) is 0 Å². The molecule has 2 aromatic rings. The van der Waals surface area contributed by atoms with Gasteiger partial charge in [0.05, 0.1) is 0 Å². The van der Waals surface area contributed by atoms with Gasteiger partial charge in [-0.05, 0) is 42.1 Å². The molecule has 154 valence electrons. The third-order valence-corrected chi connectivity index (χ3v) is 6.00. The summed E-state index contributed by atoms with van der Waals surface area (Å²) in [6.45, 7) is 3.43. The number of amides is 2. The maximum absolute atomic E-state index is 13.0. The highest BCUT2D eigenvalue weighted by molar-refractivity contribution is 5.94. The molecule has 2 N–H and O–H groups in total. The average molecular weight is 414 g/mol. The molecule has 0 saturated carbocycles. The minimum atomic E-state index is 0. The highest BCUT2D eigenvalue weighted by atomic mass is 35.5. The van der Waals surface area contributed by atoms with E-state index in [1.165, 1.54) is 5.56 Å². The lowest BCUT2D eigenvalue weighted by atomic mass is 9.89. The van der Waals surface area contributed by atoms with Crippen molar-refractivity contribution in [1.29, 1.82) is 0 Å². The molecule has 0 aromatic heterocycles. The lowest BCUT2D eigenvalue weighted by molar-refractivity contribution is -0.128. The van der Waals surface area contributed by atoms with E-state index in [9.17, 15) is 9.59 Å². The second kappa shape index (κ2) is 9.42. The van der Waals surface area contributed by atoms with E-state index in [4.69, 9.17) is 5.73 Å². The van der Waals surface area contributed by atoms with Gasteiger partial charge in [0.1, 0.15) is 0 Å². The summed E-state index contributed by atoms with van der Waals surface area (Å²) in [4.78, 5) is 28.6. The highest BCUT2D eigenvalue weighted by Gasteiger charge is 2.35. The van der Waals surface area contributed by atoms with E-state index in [-0.39, 0.29) is 36.1 Å². The number of likely N-dealkylation sites (tertiary alicyclic amines) is 2. The van der Waals surface area contributed by atoms with Crippen LogP contribution in [-0.2, 0) is 11.3 Å². The van der Waals surface area contributed by atoms with Gasteiger partial charge in [-0.3, -0.25) is 9.59 Å². The van der Waals surface area contributed by atoms with Crippen LogP contribution in [0.3, 0.4) is 0 Å². The molecule has 5 nitrogen and oxygen atoms in total. The Morgan fingerprint density at radius 3 is 2.38 bits per heavy atom. The topological polar surface area (TPSA) is 66.6 Å².